The topological polar surface area (TPSA) is 30.7 Å². The number of aromatic nitrogens is 3. The molecule has 3 nitrogen and oxygen atoms in total. The molecule has 0 atom stereocenters. The summed E-state index contributed by atoms with van der Waals surface area (Å²) in [5.41, 5.74) is 13.1. The molecule has 3 aromatic heterocycles. The van der Waals surface area contributed by atoms with Crippen molar-refractivity contribution in [1.82, 2.24) is 14.5 Å². The number of nitrogens with zero attached hydrogens (tertiary/aromatic N) is 3. The molecule has 3 heterocycles. The van der Waals surface area contributed by atoms with Gasteiger partial charge in [0, 0.05) is 58.9 Å². The number of hydrogen-bond acceptors (Lipinski definition) is 3. The van der Waals surface area contributed by atoms with Crippen LogP contribution >= 0.6 is 11.3 Å². The molecule has 0 bridgehead atoms. The zero-order chi connectivity index (χ0) is 37.0. The second-order valence-corrected chi connectivity index (χ2v) is 15.2. The summed E-state index contributed by atoms with van der Waals surface area (Å²) in [6.45, 7) is 0. The number of benzene rings is 8. The van der Waals surface area contributed by atoms with Crippen LogP contribution in [-0.2, 0) is 0 Å². The number of rotatable bonds is 6. The van der Waals surface area contributed by atoms with Crippen molar-refractivity contribution in [3.8, 4) is 61.8 Å². The molecule has 0 aliphatic rings. The maximum absolute atomic E-state index is 5.27. The summed E-state index contributed by atoms with van der Waals surface area (Å²) in [7, 11) is 0. The van der Waals surface area contributed by atoms with Gasteiger partial charge in [-0.1, -0.05) is 158 Å². The van der Waals surface area contributed by atoms with Crippen LogP contribution in [0.25, 0.3) is 104 Å². The first-order chi connectivity index (χ1) is 27.8. The van der Waals surface area contributed by atoms with E-state index in [4.69, 9.17) is 9.97 Å². The average molecular weight is 732 g/mol. The van der Waals surface area contributed by atoms with E-state index in [1.54, 1.807) is 0 Å². The summed E-state index contributed by atoms with van der Waals surface area (Å²) in [6.07, 6.45) is 0. The highest BCUT2D eigenvalue weighted by Crippen LogP contribution is 2.45. The predicted molar refractivity (Wildman–Crippen MR) is 236 cm³/mol. The molecule has 0 amide bonds. The van der Waals surface area contributed by atoms with Crippen LogP contribution in [0.5, 0.6) is 0 Å². The molecule has 11 aromatic rings. The molecule has 8 aromatic carbocycles. The maximum atomic E-state index is 5.27. The minimum atomic E-state index is 0.705. The van der Waals surface area contributed by atoms with Crippen molar-refractivity contribution in [3.05, 3.63) is 200 Å². The molecule has 262 valence electrons. The van der Waals surface area contributed by atoms with Crippen molar-refractivity contribution >= 4 is 53.3 Å². The Morgan fingerprint density at radius 3 is 1.68 bits per heavy atom. The van der Waals surface area contributed by atoms with Crippen molar-refractivity contribution in [2.24, 2.45) is 0 Å². The van der Waals surface area contributed by atoms with Crippen LogP contribution in [0.15, 0.2) is 200 Å². The average Bonchev–Trinajstić information content (AvgIpc) is 3.83. The van der Waals surface area contributed by atoms with Crippen molar-refractivity contribution in [1.29, 1.82) is 0 Å². The Morgan fingerprint density at radius 1 is 0.375 bits per heavy atom. The quantitative estimate of drug-likeness (QED) is 0.170. The van der Waals surface area contributed by atoms with Gasteiger partial charge in [-0.3, -0.25) is 0 Å². The Kier molecular flexibility index (Phi) is 7.68. The molecular weight excluding hydrogens is 699 g/mol. The van der Waals surface area contributed by atoms with Crippen molar-refractivity contribution in [3.63, 3.8) is 0 Å². The first-order valence-electron chi connectivity index (χ1n) is 18.9. The maximum Gasteiger partial charge on any atom is 0.161 e. The lowest BCUT2D eigenvalue weighted by molar-refractivity contribution is 1.18. The van der Waals surface area contributed by atoms with E-state index in [2.05, 4.69) is 193 Å². The molecule has 0 aliphatic carbocycles. The molecule has 0 fully saturated rings. The van der Waals surface area contributed by atoms with E-state index in [9.17, 15) is 0 Å². The Balaban J connectivity index is 1.18. The largest absolute Gasteiger partial charge is 0.309 e. The van der Waals surface area contributed by atoms with E-state index >= 15 is 0 Å². The first kappa shape index (κ1) is 32.3. The normalized spacial score (nSPS) is 11.6. The molecule has 4 heteroatoms. The lowest BCUT2D eigenvalue weighted by Crippen LogP contribution is -1.97. The third-order valence-electron chi connectivity index (χ3n) is 10.8. The third kappa shape index (κ3) is 5.42. The number of para-hydroxylation sites is 1. The van der Waals surface area contributed by atoms with E-state index in [-0.39, 0.29) is 0 Å². The van der Waals surface area contributed by atoms with Gasteiger partial charge in [0.05, 0.1) is 22.4 Å². The van der Waals surface area contributed by atoms with Crippen LogP contribution < -0.4 is 0 Å². The first-order valence-corrected chi connectivity index (χ1v) is 19.7. The molecule has 0 unspecified atom stereocenters. The van der Waals surface area contributed by atoms with Crippen LogP contribution in [0.3, 0.4) is 0 Å². The lowest BCUT2D eigenvalue weighted by Gasteiger charge is -2.14. The zero-order valence-electron chi connectivity index (χ0n) is 30.3. The molecule has 11 rings (SSSR count). The highest BCUT2D eigenvalue weighted by atomic mass is 32.1. The summed E-state index contributed by atoms with van der Waals surface area (Å²) in [4.78, 5) is 10.5. The van der Waals surface area contributed by atoms with Gasteiger partial charge in [-0.25, -0.2) is 9.97 Å². The monoisotopic (exact) mass is 731 g/mol. The van der Waals surface area contributed by atoms with Gasteiger partial charge in [0.15, 0.2) is 5.82 Å². The van der Waals surface area contributed by atoms with Crippen LogP contribution in [0.2, 0.25) is 0 Å². The van der Waals surface area contributed by atoms with Crippen LogP contribution in [-0.4, -0.2) is 14.5 Å². The fourth-order valence-electron chi connectivity index (χ4n) is 8.22. The van der Waals surface area contributed by atoms with Crippen LogP contribution in [0, 0.1) is 0 Å². The second-order valence-electron chi connectivity index (χ2n) is 14.2. The minimum Gasteiger partial charge on any atom is -0.309 e. The SMILES string of the molecule is c1ccc(-c2cccc(-c3cc(-n4c5ccccc5c5c(-c6nc(-c7ccccc7)cc(-c7ccccc7)n6)cccc54)cc4c3sc3ccccc34)c2)cc1. The minimum absolute atomic E-state index is 0.705. The zero-order valence-corrected chi connectivity index (χ0v) is 31.1. The highest BCUT2D eigenvalue weighted by molar-refractivity contribution is 7.26. The highest BCUT2D eigenvalue weighted by Gasteiger charge is 2.21. The summed E-state index contributed by atoms with van der Waals surface area (Å²) < 4.78 is 5.01. The summed E-state index contributed by atoms with van der Waals surface area (Å²) in [5, 5.41) is 4.83. The molecule has 0 saturated carbocycles. The fourth-order valence-corrected chi connectivity index (χ4v) is 9.44. The van der Waals surface area contributed by atoms with Gasteiger partial charge >= 0.3 is 0 Å². The van der Waals surface area contributed by atoms with Gasteiger partial charge in [-0.05, 0) is 59.2 Å². The predicted octanol–water partition coefficient (Wildman–Crippen LogP) is 14.3. The van der Waals surface area contributed by atoms with E-state index in [0.29, 0.717) is 5.82 Å². The van der Waals surface area contributed by atoms with Gasteiger partial charge in [-0.2, -0.15) is 0 Å². The smallest absolute Gasteiger partial charge is 0.161 e. The van der Waals surface area contributed by atoms with E-state index in [1.165, 1.54) is 42.4 Å². The van der Waals surface area contributed by atoms with Gasteiger partial charge in [0.25, 0.3) is 0 Å². The second kappa shape index (κ2) is 13.3. The van der Waals surface area contributed by atoms with Gasteiger partial charge in [0.2, 0.25) is 0 Å². The lowest BCUT2D eigenvalue weighted by atomic mass is 9.97. The Hall–Kier alpha value is -7.14. The van der Waals surface area contributed by atoms with E-state index in [0.717, 1.165) is 55.6 Å². The van der Waals surface area contributed by atoms with Crippen molar-refractivity contribution in [2.75, 3.05) is 0 Å². The molecule has 56 heavy (non-hydrogen) atoms. The number of hydrogen-bond donors (Lipinski definition) is 0. The van der Waals surface area contributed by atoms with Gasteiger partial charge < -0.3 is 4.57 Å². The van der Waals surface area contributed by atoms with Crippen LogP contribution in [0.1, 0.15) is 0 Å². The van der Waals surface area contributed by atoms with E-state index in [1.807, 2.05) is 23.5 Å². The fraction of sp³-hybridized carbons (Fsp3) is 0. The van der Waals surface area contributed by atoms with Gasteiger partial charge in [0.1, 0.15) is 0 Å². The standard InChI is InChI=1S/C52H33N3S/c1-4-16-34(17-5-1)37-22-14-23-38(30-37)43-31-39(32-44-40-24-11-13-29-49(40)56-51(43)44)55-47-27-12-10-25-41(47)50-42(26-15-28-48(50)55)52-53-45(35-18-6-2-7-19-35)33-46(54-52)36-20-8-3-9-21-36/h1-33H. The molecule has 0 aliphatic heterocycles. The van der Waals surface area contributed by atoms with Gasteiger partial charge in [-0.15, -0.1) is 11.3 Å². The molecular formula is C52H33N3S. The molecule has 0 radical (unpaired) electrons. The van der Waals surface area contributed by atoms with Crippen molar-refractivity contribution in [2.45, 2.75) is 0 Å². The Bertz CT molecular complexity index is 3180. The Morgan fingerprint density at radius 2 is 0.946 bits per heavy atom. The van der Waals surface area contributed by atoms with E-state index < -0.39 is 0 Å². The molecule has 0 N–H and O–H groups in total. The summed E-state index contributed by atoms with van der Waals surface area (Å²) in [6, 6.07) is 71.4. The molecule has 0 spiro atoms. The summed E-state index contributed by atoms with van der Waals surface area (Å²) in [5.74, 6) is 0.705. The third-order valence-corrected chi connectivity index (χ3v) is 12.0. The molecule has 0 saturated heterocycles. The Labute approximate surface area is 328 Å². The number of fused-ring (bicyclic) bond motifs is 6. The number of thiophene rings is 1. The van der Waals surface area contributed by atoms with Crippen LogP contribution in [0.4, 0.5) is 0 Å². The summed E-state index contributed by atoms with van der Waals surface area (Å²) >= 11 is 1.87. The van der Waals surface area contributed by atoms with Crippen molar-refractivity contribution < 1.29 is 0 Å².